The third-order valence-corrected chi connectivity index (χ3v) is 4.47. The molecule has 0 aliphatic heterocycles. The summed E-state index contributed by atoms with van der Waals surface area (Å²) in [6.07, 6.45) is 7.95. The van der Waals surface area contributed by atoms with Crippen molar-refractivity contribution in [3.05, 3.63) is 0 Å². The minimum atomic E-state index is 0.198. The molecule has 0 heterocycles. The Morgan fingerprint density at radius 3 is 2.27 bits per heavy atom. The van der Waals surface area contributed by atoms with E-state index in [1.54, 1.807) is 7.05 Å². The molecule has 7 nitrogen and oxygen atoms in total. The van der Waals surface area contributed by atoms with Gasteiger partial charge >= 0.3 is 0 Å². The van der Waals surface area contributed by atoms with Gasteiger partial charge in [-0.1, -0.05) is 32.6 Å². The van der Waals surface area contributed by atoms with Crippen LogP contribution in [0.4, 0.5) is 0 Å². The molecule has 0 atom stereocenters. The predicted molar refractivity (Wildman–Crippen MR) is 105 cm³/mol. The monoisotopic (exact) mass is 370 g/mol. The lowest BCUT2D eigenvalue weighted by atomic mass is 9.89. The van der Waals surface area contributed by atoms with E-state index in [-0.39, 0.29) is 11.8 Å². The van der Waals surface area contributed by atoms with Gasteiger partial charge in [-0.2, -0.15) is 0 Å². The standard InChI is InChI=1S/C19H38N4O3/c1-3-4-13-25-15-16-26-14-12-23-19(20-2)22-11-10-21-18(24)17-8-6-5-7-9-17/h17H,3-16H2,1-2H3,(H,21,24)(H2,20,22,23). The number of ether oxygens (including phenoxy) is 2. The molecule has 0 radical (unpaired) electrons. The summed E-state index contributed by atoms with van der Waals surface area (Å²) in [5.74, 6) is 1.13. The number of amides is 1. The van der Waals surface area contributed by atoms with Gasteiger partial charge in [0.05, 0.1) is 19.8 Å². The molecule has 0 aromatic rings. The SMILES string of the molecule is CCCCOCCOCCNC(=NC)NCCNC(=O)C1CCCCC1. The van der Waals surface area contributed by atoms with E-state index < -0.39 is 0 Å². The molecule has 7 heteroatoms. The summed E-state index contributed by atoms with van der Waals surface area (Å²) in [7, 11) is 1.73. The maximum atomic E-state index is 12.1. The van der Waals surface area contributed by atoms with Crippen LogP contribution >= 0.6 is 0 Å². The van der Waals surface area contributed by atoms with E-state index in [1.807, 2.05) is 0 Å². The van der Waals surface area contributed by atoms with Crippen molar-refractivity contribution >= 4 is 11.9 Å². The van der Waals surface area contributed by atoms with Crippen molar-refractivity contribution in [3.8, 4) is 0 Å². The minimum absolute atomic E-state index is 0.198. The van der Waals surface area contributed by atoms with Gasteiger partial charge in [0.2, 0.25) is 5.91 Å². The lowest BCUT2D eigenvalue weighted by Gasteiger charge is -2.21. The Balaban J connectivity index is 1.95. The zero-order valence-corrected chi connectivity index (χ0v) is 16.6. The summed E-state index contributed by atoms with van der Waals surface area (Å²) in [5, 5.41) is 9.40. The van der Waals surface area contributed by atoms with Crippen molar-refractivity contribution in [2.24, 2.45) is 10.9 Å². The van der Waals surface area contributed by atoms with Crippen LogP contribution in [-0.4, -0.2) is 65.0 Å². The Hall–Kier alpha value is -1.34. The van der Waals surface area contributed by atoms with Gasteiger partial charge in [-0.05, 0) is 19.3 Å². The number of nitrogens with zero attached hydrogens (tertiary/aromatic N) is 1. The Kier molecular flexibility index (Phi) is 13.9. The first kappa shape index (κ1) is 22.7. The summed E-state index contributed by atoms with van der Waals surface area (Å²) >= 11 is 0. The number of hydrogen-bond donors (Lipinski definition) is 3. The molecule has 0 bridgehead atoms. The van der Waals surface area contributed by atoms with Crippen molar-refractivity contribution in [2.75, 3.05) is 53.1 Å². The number of nitrogens with one attached hydrogen (secondary N) is 3. The van der Waals surface area contributed by atoms with E-state index in [1.165, 1.54) is 19.3 Å². The van der Waals surface area contributed by atoms with Gasteiger partial charge in [-0.25, -0.2) is 0 Å². The molecular weight excluding hydrogens is 332 g/mol. The zero-order valence-electron chi connectivity index (χ0n) is 16.6. The van der Waals surface area contributed by atoms with Gasteiger partial charge in [-0.3, -0.25) is 9.79 Å². The molecule has 26 heavy (non-hydrogen) atoms. The number of carbonyl (C=O) groups is 1. The van der Waals surface area contributed by atoms with E-state index in [0.29, 0.717) is 39.5 Å². The molecule has 0 aromatic heterocycles. The zero-order chi connectivity index (χ0) is 18.9. The number of unbranched alkanes of at least 4 members (excludes halogenated alkanes) is 1. The highest BCUT2D eigenvalue weighted by Crippen LogP contribution is 2.23. The first-order chi connectivity index (χ1) is 12.8. The summed E-state index contributed by atoms with van der Waals surface area (Å²) in [6.45, 7) is 6.78. The second-order valence-corrected chi connectivity index (χ2v) is 6.63. The molecule has 0 spiro atoms. The highest BCUT2D eigenvalue weighted by atomic mass is 16.5. The Morgan fingerprint density at radius 1 is 0.923 bits per heavy atom. The fourth-order valence-electron chi connectivity index (χ4n) is 2.91. The van der Waals surface area contributed by atoms with Crippen LogP contribution in [0.1, 0.15) is 51.9 Å². The third-order valence-electron chi connectivity index (χ3n) is 4.47. The van der Waals surface area contributed by atoms with Crippen LogP contribution in [-0.2, 0) is 14.3 Å². The molecule has 1 fully saturated rings. The molecule has 3 N–H and O–H groups in total. The van der Waals surface area contributed by atoms with Crippen LogP contribution in [0.3, 0.4) is 0 Å². The number of aliphatic imine (C=N–C) groups is 1. The largest absolute Gasteiger partial charge is 0.379 e. The highest BCUT2D eigenvalue weighted by molar-refractivity contribution is 5.80. The third kappa shape index (κ3) is 11.3. The smallest absolute Gasteiger partial charge is 0.223 e. The van der Waals surface area contributed by atoms with Crippen LogP contribution in [0.2, 0.25) is 0 Å². The number of hydrogen-bond acceptors (Lipinski definition) is 4. The molecule has 1 rings (SSSR count). The van der Waals surface area contributed by atoms with E-state index in [9.17, 15) is 4.79 Å². The molecule has 1 aliphatic carbocycles. The van der Waals surface area contributed by atoms with Gasteiger partial charge in [-0.15, -0.1) is 0 Å². The van der Waals surface area contributed by atoms with Crippen molar-refractivity contribution < 1.29 is 14.3 Å². The van der Waals surface area contributed by atoms with Crippen LogP contribution in [0.25, 0.3) is 0 Å². The summed E-state index contributed by atoms with van der Waals surface area (Å²) in [6, 6.07) is 0. The fraction of sp³-hybridized carbons (Fsp3) is 0.895. The molecular formula is C19H38N4O3. The van der Waals surface area contributed by atoms with Gasteiger partial charge < -0.3 is 25.4 Å². The predicted octanol–water partition coefficient (Wildman–Crippen LogP) is 1.68. The first-order valence-electron chi connectivity index (χ1n) is 10.2. The van der Waals surface area contributed by atoms with Crippen molar-refractivity contribution in [2.45, 2.75) is 51.9 Å². The highest BCUT2D eigenvalue weighted by Gasteiger charge is 2.20. The Bertz CT molecular complexity index is 385. The quantitative estimate of drug-likeness (QED) is 0.261. The average Bonchev–Trinajstić information content (AvgIpc) is 2.68. The summed E-state index contributed by atoms with van der Waals surface area (Å²) < 4.78 is 10.9. The Labute approximate surface area is 158 Å². The van der Waals surface area contributed by atoms with Crippen LogP contribution in [0.5, 0.6) is 0 Å². The lowest BCUT2D eigenvalue weighted by molar-refractivity contribution is -0.125. The summed E-state index contributed by atoms with van der Waals surface area (Å²) in [4.78, 5) is 16.2. The Morgan fingerprint density at radius 2 is 1.58 bits per heavy atom. The first-order valence-corrected chi connectivity index (χ1v) is 10.2. The van der Waals surface area contributed by atoms with Crippen LogP contribution < -0.4 is 16.0 Å². The van der Waals surface area contributed by atoms with Crippen molar-refractivity contribution in [3.63, 3.8) is 0 Å². The van der Waals surface area contributed by atoms with E-state index in [4.69, 9.17) is 9.47 Å². The number of guanidine groups is 1. The lowest BCUT2D eigenvalue weighted by Crippen LogP contribution is -2.43. The van der Waals surface area contributed by atoms with E-state index in [2.05, 4.69) is 27.9 Å². The normalized spacial score (nSPS) is 15.7. The van der Waals surface area contributed by atoms with Gasteiger partial charge in [0, 0.05) is 39.2 Å². The molecule has 152 valence electrons. The maximum absolute atomic E-state index is 12.1. The average molecular weight is 371 g/mol. The van der Waals surface area contributed by atoms with Gasteiger partial charge in [0.1, 0.15) is 0 Å². The maximum Gasteiger partial charge on any atom is 0.223 e. The molecule has 1 saturated carbocycles. The number of carbonyl (C=O) groups excluding carboxylic acids is 1. The topological polar surface area (TPSA) is 84.0 Å². The van der Waals surface area contributed by atoms with Crippen LogP contribution in [0.15, 0.2) is 4.99 Å². The van der Waals surface area contributed by atoms with E-state index >= 15 is 0 Å². The minimum Gasteiger partial charge on any atom is -0.379 e. The fourth-order valence-corrected chi connectivity index (χ4v) is 2.91. The molecule has 1 aliphatic rings. The van der Waals surface area contributed by atoms with Crippen molar-refractivity contribution in [1.29, 1.82) is 0 Å². The van der Waals surface area contributed by atoms with Gasteiger partial charge in [0.15, 0.2) is 5.96 Å². The summed E-state index contributed by atoms with van der Waals surface area (Å²) in [5.41, 5.74) is 0. The van der Waals surface area contributed by atoms with Gasteiger partial charge in [0.25, 0.3) is 0 Å². The van der Waals surface area contributed by atoms with E-state index in [0.717, 1.165) is 38.2 Å². The molecule has 1 amide bonds. The second kappa shape index (κ2) is 15.9. The van der Waals surface area contributed by atoms with Crippen LogP contribution in [0, 0.1) is 5.92 Å². The molecule has 0 saturated heterocycles. The van der Waals surface area contributed by atoms with Crippen molar-refractivity contribution in [1.82, 2.24) is 16.0 Å². The molecule has 0 aromatic carbocycles. The molecule has 0 unspecified atom stereocenters. The second-order valence-electron chi connectivity index (χ2n) is 6.63. The number of rotatable bonds is 13.